The lowest BCUT2D eigenvalue weighted by molar-refractivity contribution is -0.144. The third-order valence-electron chi connectivity index (χ3n) is 4.60. The summed E-state index contributed by atoms with van der Waals surface area (Å²) in [6.07, 6.45) is 1.56. The normalized spacial score (nSPS) is 16.2. The third kappa shape index (κ3) is 4.01. The fourth-order valence-electron chi connectivity index (χ4n) is 3.16. The molecule has 8 nitrogen and oxygen atoms in total. The highest BCUT2D eigenvalue weighted by Crippen LogP contribution is 2.32. The maximum atomic E-state index is 12.3. The van der Waals surface area contributed by atoms with Crippen molar-refractivity contribution in [3.8, 4) is 11.5 Å². The number of benzene rings is 1. The number of piperazine rings is 1. The predicted molar refractivity (Wildman–Crippen MR) is 97.3 cm³/mol. The standard InChI is InChI=1S/C19H20N4O4/c24-18(21-17-3-1-2-6-20-17)19(25)23-9-7-22(8-10-23)12-14-4-5-15-16(11-14)27-13-26-15/h1-6,11H,7-10,12-13H2,(H,20,21,24). The highest BCUT2D eigenvalue weighted by molar-refractivity contribution is 6.39. The van der Waals surface area contributed by atoms with Gasteiger partial charge in [0, 0.05) is 38.9 Å². The van der Waals surface area contributed by atoms with Crippen LogP contribution < -0.4 is 14.8 Å². The molecule has 0 bridgehead atoms. The average molecular weight is 368 g/mol. The second-order valence-electron chi connectivity index (χ2n) is 6.43. The summed E-state index contributed by atoms with van der Waals surface area (Å²) in [5.74, 6) is 0.735. The molecule has 2 amide bonds. The molecule has 0 atom stereocenters. The van der Waals surface area contributed by atoms with E-state index < -0.39 is 11.8 Å². The number of amides is 2. The Hall–Kier alpha value is -3.13. The lowest BCUT2D eigenvalue weighted by atomic mass is 10.1. The molecule has 1 fully saturated rings. The minimum Gasteiger partial charge on any atom is -0.454 e. The van der Waals surface area contributed by atoms with Gasteiger partial charge in [-0.3, -0.25) is 14.5 Å². The van der Waals surface area contributed by atoms with Gasteiger partial charge in [0.2, 0.25) is 6.79 Å². The van der Waals surface area contributed by atoms with Crippen LogP contribution in [-0.2, 0) is 16.1 Å². The van der Waals surface area contributed by atoms with Crippen LogP contribution in [0.25, 0.3) is 0 Å². The van der Waals surface area contributed by atoms with Gasteiger partial charge in [-0.1, -0.05) is 12.1 Å². The van der Waals surface area contributed by atoms with Gasteiger partial charge in [-0.15, -0.1) is 0 Å². The number of nitrogens with zero attached hydrogens (tertiary/aromatic N) is 3. The molecule has 0 radical (unpaired) electrons. The molecule has 8 heteroatoms. The first-order chi connectivity index (χ1) is 13.2. The van der Waals surface area contributed by atoms with Crippen molar-refractivity contribution < 1.29 is 19.1 Å². The Balaban J connectivity index is 1.28. The summed E-state index contributed by atoms with van der Waals surface area (Å²) in [6, 6.07) is 11.1. The van der Waals surface area contributed by atoms with E-state index >= 15 is 0 Å². The predicted octanol–water partition coefficient (Wildman–Crippen LogP) is 1.09. The lowest BCUT2D eigenvalue weighted by Crippen LogP contribution is -2.51. The van der Waals surface area contributed by atoms with Crippen LogP contribution in [0.5, 0.6) is 11.5 Å². The Labute approximate surface area is 156 Å². The second-order valence-corrected chi connectivity index (χ2v) is 6.43. The highest BCUT2D eigenvalue weighted by atomic mass is 16.7. The van der Waals surface area contributed by atoms with Gasteiger partial charge in [0.15, 0.2) is 11.5 Å². The monoisotopic (exact) mass is 368 g/mol. The van der Waals surface area contributed by atoms with Gasteiger partial charge in [-0.2, -0.15) is 0 Å². The van der Waals surface area contributed by atoms with E-state index in [0.29, 0.717) is 32.0 Å². The quantitative estimate of drug-likeness (QED) is 0.817. The summed E-state index contributed by atoms with van der Waals surface area (Å²) in [5.41, 5.74) is 1.13. The van der Waals surface area contributed by atoms with Crippen LogP contribution in [0.2, 0.25) is 0 Å². The van der Waals surface area contributed by atoms with Crippen molar-refractivity contribution in [2.24, 2.45) is 0 Å². The van der Waals surface area contributed by atoms with Crippen LogP contribution in [0.4, 0.5) is 5.82 Å². The number of nitrogens with one attached hydrogen (secondary N) is 1. The van der Waals surface area contributed by atoms with Crippen LogP contribution in [-0.4, -0.2) is 59.6 Å². The van der Waals surface area contributed by atoms with Gasteiger partial charge in [-0.05, 0) is 29.8 Å². The zero-order chi connectivity index (χ0) is 18.6. The number of rotatable bonds is 3. The molecule has 4 rings (SSSR count). The summed E-state index contributed by atoms with van der Waals surface area (Å²) in [4.78, 5) is 32.3. The largest absolute Gasteiger partial charge is 0.454 e. The fourth-order valence-corrected chi connectivity index (χ4v) is 3.16. The number of aromatic nitrogens is 1. The molecule has 1 saturated heterocycles. The smallest absolute Gasteiger partial charge is 0.315 e. The molecular formula is C19H20N4O4. The molecule has 0 unspecified atom stereocenters. The Kier molecular flexibility index (Phi) is 4.88. The maximum Gasteiger partial charge on any atom is 0.315 e. The van der Waals surface area contributed by atoms with Crippen molar-refractivity contribution >= 4 is 17.6 Å². The molecule has 1 N–H and O–H groups in total. The number of carbonyl (C=O) groups is 2. The first-order valence-corrected chi connectivity index (χ1v) is 8.81. The second kappa shape index (κ2) is 7.63. The van der Waals surface area contributed by atoms with Crippen molar-refractivity contribution in [1.82, 2.24) is 14.8 Å². The van der Waals surface area contributed by atoms with Gasteiger partial charge >= 0.3 is 11.8 Å². The zero-order valence-electron chi connectivity index (χ0n) is 14.8. The van der Waals surface area contributed by atoms with Crippen LogP contribution in [0, 0.1) is 0 Å². The Morgan fingerprint density at radius 3 is 2.63 bits per heavy atom. The SMILES string of the molecule is O=C(Nc1ccccn1)C(=O)N1CCN(Cc2ccc3c(c2)OCO3)CC1. The Bertz CT molecular complexity index is 835. The van der Waals surface area contributed by atoms with E-state index in [1.165, 1.54) is 0 Å². The minimum absolute atomic E-state index is 0.264. The Morgan fingerprint density at radius 1 is 1.04 bits per heavy atom. The van der Waals surface area contributed by atoms with E-state index in [1.807, 2.05) is 18.2 Å². The number of carbonyl (C=O) groups excluding carboxylic acids is 2. The molecule has 0 saturated carbocycles. The first-order valence-electron chi connectivity index (χ1n) is 8.81. The average Bonchev–Trinajstić information content (AvgIpc) is 3.16. The number of ether oxygens (including phenoxy) is 2. The van der Waals surface area contributed by atoms with Crippen molar-refractivity contribution in [2.75, 3.05) is 38.3 Å². The summed E-state index contributed by atoms with van der Waals surface area (Å²) in [5, 5.41) is 2.53. The number of fused-ring (bicyclic) bond motifs is 1. The molecular weight excluding hydrogens is 348 g/mol. The number of pyridine rings is 1. The highest BCUT2D eigenvalue weighted by Gasteiger charge is 2.26. The summed E-state index contributed by atoms with van der Waals surface area (Å²) < 4.78 is 10.7. The van der Waals surface area contributed by atoms with E-state index in [9.17, 15) is 9.59 Å². The molecule has 27 heavy (non-hydrogen) atoms. The van der Waals surface area contributed by atoms with Crippen LogP contribution in [0.15, 0.2) is 42.6 Å². The zero-order valence-corrected chi connectivity index (χ0v) is 14.8. The van der Waals surface area contributed by atoms with Gasteiger partial charge in [0.05, 0.1) is 0 Å². The molecule has 1 aromatic heterocycles. The number of anilines is 1. The maximum absolute atomic E-state index is 12.3. The van der Waals surface area contributed by atoms with Gasteiger partial charge in [-0.25, -0.2) is 4.98 Å². The summed E-state index contributed by atoms with van der Waals surface area (Å²) >= 11 is 0. The molecule has 1 aromatic carbocycles. The van der Waals surface area contributed by atoms with Crippen molar-refractivity contribution in [3.63, 3.8) is 0 Å². The van der Waals surface area contributed by atoms with E-state index in [0.717, 1.165) is 23.6 Å². The van der Waals surface area contributed by atoms with E-state index in [4.69, 9.17) is 9.47 Å². The molecule has 0 aliphatic carbocycles. The summed E-state index contributed by atoms with van der Waals surface area (Å²) in [7, 11) is 0. The van der Waals surface area contributed by atoms with Gasteiger partial charge in [0.1, 0.15) is 5.82 Å². The third-order valence-corrected chi connectivity index (χ3v) is 4.60. The molecule has 140 valence electrons. The molecule has 2 aliphatic heterocycles. The van der Waals surface area contributed by atoms with Crippen molar-refractivity contribution in [1.29, 1.82) is 0 Å². The molecule has 2 aliphatic rings. The van der Waals surface area contributed by atoms with E-state index in [1.54, 1.807) is 29.3 Å². The summed E-state index contributed by atoms with van der Waals surface area (Å²) in [6.45, 7) is 3.46. The molecule has 0 spiro atoms. The van der Waals surface area contributed by atoms with Gasteiger partial charge < -0.3 is 19.7 Å². The van der Waals surface area contributed by atoms with Crippen molar-refractivity contribution in [3.05, 3.63) is 48.2 Å². The molecule has 2 aromatic rings. The van der Waals surface area contributed by atoms with Crippen LogP contribution >= 0.6 is 0 Å². The topological polar surface area (TPSA) is 84.0 Å². The first kappa shape index (κ1) is 17.3. The van der Waals surface area contributed by atoms with Gasteiger partial charge in [0.25, 0.3) is 0 Å². The minimum atomic E-state index is -0.655. The fraction of sp³-hybridized carbons (Fsp3) is 0.316. The lowest BCUT2D eigenvalue weighted by Gasteiger charge is -2.34. The van der Waals surface area contributed by atoms with Crippen LogP contribution in [0.3, 0.4) is 0 Å². The number of hydrogen-bond acceptors (Lipinski definition) is 6. The Morgan fingerprint density at radius 2 is 1.85 bits per heavy atom. The molecule has 3 heterocycles. The van der Waals surface area contributed by atoms with Crippen molar-refractivity contribution in [2.45, 2.75) is 6.54 Å². The van der Waals surface area contributed by atoms with E-state index in [-0.39, 0.29) is 6.79 Å². The number of hydrogen-bond donors (Lipinski definition) is 1. The van der Waals surface area contributed by atoms with E-state index in [2.05, 4.69) is 15.2 Å². The van der Waals surface area contributed by atoms with Crippen LogP contribution in [0.1, 0.15) is 5.56 Å².